The molecule has 0 saturated carbocycles. The largest absolute Gasteiger partial charge is 0.495 e. The molecule has 0 spiro atoms. The average molecular weight is 248 g/mol. The molecule has 5 N–H and O–H groups in total. The Morgan fingerprint density at radius 1 is 1.33 bits per heavy atom. The molecule has 94 valence electrons. The molecule has 1 aromatic heterocycles. The fourth-order valence-corrected chi connectivity index (χ4v) is 1.53. The molecule has 0 bridgehead atoms. The average Bonchev–Trinajstić information content (AvgIpc) is 2.69. The van der Waals surface area contributed by atoms with Crippen molar-refractivity contribution < 1.29 is 9.53 Å². The Hall–Kier alpha value is -2.70. The monoisotopic (exact) mass is 248 g/mol. The normalized spacial score (nSPS) is 10.1. The van der Waals surface area contributed by atoms with E-state index in [-0.39, 0.29) is 11.4 Å². The van der Waals surface area contributed by atoms with Gasteiger partial charge in [0.25, 0.3) is 11.5 Å². The number of hydrogen-bond donors (Lipinski definition) is 4. The molecule has 0 atom stereocenters. The van der Waals surface area contributed by atoms with Crippen LogP contribution in [0.2, 0.25) is 0 Å². The molecule has 0 radical (unpaired) electrons. The minimum Gasteiger partial charge on any atom is -0.495 e. The van der Waals surface area contributed by atoms with E-state index in [1.807, 2.05) is 0 Å². The summed E-state index contributed by atoms with van der Waals surface area (Å²) in [6, 6.07) is 6.86. The lowest BCUT2D eigenvalue weighted by molar-refractivity contribution is 0.102. The van der Waals surface area contributed by atoms with Gasteiger partial charge >= 0.3 is 0 Å². The molecule has 2 rings (SSSR count). The molecule has 0 unspecified atom stereocenters. The summed E-state index contributed by atoms with van der Waals surface area (Å²) in [7, 11) is 1.49. The Morgan fingerprint density at radius 3 is 2.67 bits per heavy atom. The Labute approximate surface area is 102 Å². The van der Waals surface area contributed by atoms with Gasteiger partial charge in [-0.25, -0.2) is 0 Å². The lowest BCUT2D eigenvalue weighted by Gasteiger charge is -2.08. The van der Waals surface area contributed by atoms with E-state index in [0.29, 0.717) is 11.4 Å². The van der Waals surface area contributed by atoms with E-state index in [1.54, 1.807) is 24.3 Å². The van der Waals surface area contributed by atoms with E-state index in [0.717, 1.165) is 0 Å². The van der Waals surface area contributed by atoms with Crippen molar-refractivity contribution in [1.82, 2.24) is 10.2 Å². The Kier molecular flexibility index (Phi) is 3.05. The maximum atomic E-state index is 11.9. The first-order chi connectivity index (χ1) is 8.63. The predicted molar refractivity (Wildman–Crippen MR) is 66.8 cm³/mol. The number of nitrogen functional groups attached to an aromatic ring is 1. The standard InChI is InChI=1S/C11H12N4O3/c1-18-7-5-3-2-4-6(7)13-10(16)8-9(12)14-15-11(8)17/h2-5H,1H3,(H,13,16)(H4,12,14,15,17). The number of nitrogens with two attached hydrogens (primary N) is 1. The van der Waals surface area contributed by atoms with Crippen molar-refractivity contribution in [1.29, 1.82) is 0 Å². The molecule has 0 aliphatic carbocycles. The van der Waals surface area contributed by atoms with Crippen LogP contribution in [0.5, 0.6) is 5.75 Å². The second kappa shape index (κ2) is 4.66. The topological polar surface area (TPSA) is 113 Å². The fraction of sp³-hybridized carbons (Fsp3) is 0.0909. The molecule has 1 heterocycles. The summed E-state index contributed by atoms with van der Waals surface area (Å²) >= 11 is 0. The van der Waals surface area contributed by atoms with Crippen molar-refractivity contribution in [2.45, 2.75) is 0 Å². The molecule has 0 aliphatic heterocycles. The minimum absolute atomic E-state index is 0.00704. The first-order valence-electron chi connectivity index (χ1n) is 5.14. The van der Waals surface area contributed by atoms with Crippen molar-refractivity contribution in [3.8, 4) is 5.75 Å². The highest BCUT2D eigenvalue weighted by Gasteiger charge is 2.17. The lowest BCUT2D eigenvalue weighted by atomic mass is 10.2. The van der Waals surface area contributed by atoms with Gasteiger partial charge in [-0.15, -0.1) is 0 Å². The Morgan fingerprint density at radius 2 is 2.06 bits per heavy atom. The molecule has 7 heteroatoms. The molecule has 1 aromatic carbocycles. The molecule has 7 nitrogen and oxygen atoms in total. The van der Waals surface area contributed by atoms with E-state index < -0.39 is 11.5 Å². The number of nitrogens with one attached hydrogen (secondary N) is 3. The van der Waals surface area contributed by atoms with E-state index in [9.17, 15) is 9.59 Å². The van der Waals surface area contributed by atoms with E-state index >= 15 is 0 Å². The second-order valence-electron chi connectivity index (χ2n) is 3.52. The molecule has 0 fully saturated rings. The van der Waals surface area contributed by atoms with Gasteiger partial charge in [0.1, 0.15) is 17.1 Å². The quantitative estimate of drug-likeness (QED) is 0.635. The second-order valence-corrected chi connectivity index (χ2v) is 3.52. The molecule has 18 heavy (non-hydrogen) atoms. The highest BCUT2D eigenvalue weighted by Crippen LogP contribution is 2.23. The number of rotatable bonds is 3. The van der Waals surface area contributed by atoms with Gasteiger partial charge in [0.05, 0.1) is 12.8 Å². The number of anilines is 2. The molecule has 1 amide bonds. The number of aromatic amines is 2. The van der Waals surface area contributed by atoms with Crippen LogP contribution in [0.25, 0.3) is 0 Å². The maximum absolute atomic E-state index is 11.9. The van der Waals surface area contributed by atoms with Gasteiger partial charge in [-0.05, 0) is 12.1 Å². The SMILES string of the molecule is COc1ccccc1NC(=O)c1c(N)[nH][nH]c1=O. The third kappa shape index (κ3) is 2.05. The van der Waals surface area contributed by atoms with Crippen LogP contribution in [0.15, 0.2) is 29.1 Å². The van der Waals surface area contributed by atoms with Crippen molar-refractivity contribution >= 4 is 17.4 Å². The van der Waals surface area contributed by atoms with Crippen molar-refractivity contribution in [3.63, 3.8) is 0 Å². The number of amides is 1. The Balaban J connectivity index is 2.30. The van der Waals surface area contributed by atoms with Crippen LogP contribution in [0.4, 0.5) is 11.5 Å². The lowest BCUT2D eigenvalue weighted by Crippen LogP contribution is -2.21. The number of carbonyl (C=O) groups excluding carboxylic acids is 1. The number of H-pyrrole nitrogens is 2. The zero-order chi connectivity index (χ0) is 13.1. The molecular weight excluding hydrogens is 236 g/mol. The number of aromatic nitrogens is 2. The van der Waals surface area contributed by atoms with Crippen molar-refractivity contribution in [2.24, 2.45) is 0 Å². The van der Waals surface area contributed by atoms with Crippen LogP contribution in [0.3, 0.4) is 0 Å². The van der Waals surface area contributed by atoms with E-state index in [1.165, 1.54) is 7.11 Å². The zero-order valence-electron chi connectivity index (χ0n) is 9.61. The van der Waals surface area contributed by atoms with Gasteiger partial charge in [0, 0.05) is 0 Å². The first kappa shape index (κ1) is 11.8. The smallest absolute Gasteiger partial charge is 0.279 e. The van der Waals surface area contributed by atoms with Crippen LogP contribution in [0, 0.1) is 0 Å². The highest BCUT2D eigenvalue weighted by molar-refractivity contribution is 6.07. The molecule has 2 aromatic rings. The molecule has 0 aliphatic rings. The summed E-state index contributed by atoms with van der Waals surface area (Å²) in [6.07, 6.45) is 0. The zero-order valence-corrected chi connectivity index (χ0v) is 9.61. The van der Waals surface area contributed by atoms with Gasteiger partial charge in [-0.3, -0.25) is 19.8 Å². The Bertz CT molecular complexity index is 629. The van der Waals surface area contributed by atoms with Crippen LogP contribution in [-0.2, 0) is 0 Å². The third-order valence-corrected chi connectivity index (χ3v) is 2.39. The molecular formula is C11H12N4O3. The third-order valence-electron chi connectivity index (χ3n) is 2.39. The summed E-state index contributed by atoms with van der Waals surface area (Å²) in [5, 5.41) is 7.18. The summed E-state index contributed by atoms with van der Waals surface area (Å²) in [5.41, 5.74) is 5.23. The van der Waals surface area contributed by atoms with Crippen LogP contribution in [0.1, 0.15) is 10.4 Å². The number of ether oxygens (including phenoxy) is 1. The minimum atomic E-state index is -0.598. The van der Waals surface area contributed by atoms with Crippen molar-refractivity contribution in [2.75, 3.05) is 18.2 Å². The van der Waals surface area contributed by atoms with Crippen LogP contribution in [-0.4, -0.2) is 23.2 Å². The van der Waals surface area contributed by atoms with Crippen molar-refractivity contribution in [3.05, 3.63) is 40.2 Å². The van der Waals surface area contributed by atoms with E-state index in [2.05, 4.69) is 15.5 Å². The summed E-state index contributed by atoms with van der Waals surface area (Å²) in [4.78, 5) is 23.3. The van der Waals surface area contributed by atoms with Gasteiger partial charge in [-0.1, -0.05) is 12.1 Å². The number of benzene rings is 1. The predicted octanol–water partition coefficient (Wildman–Crippen LogP) is 0.546. The van der Waals surface area contributed by atoms with E-state index in [4.69, 9.17) is 10.5 Å². The number of carbonyl (C=O) groups is 1. The van der Waals surface area contributed by atoms with Gasteiger partial charge < -0.3 is 15.8 Å². The maximum Gasteiger partial charge on any atom is 0.279 e. The van der Waals surface area contributed by atoms with Gasteiger partial charge in [0.2, 0.25) is 0 Å². The summed E-state index contributed by atoms with van der Waals surface area (Å²) in [5.74, 6) is -0.108. The number of para-hydroxylation sites is 2. The number of hydrogen-bond acceptors (Lipinski definition) is 4. The highest BCUT2D eigenvalue weighted by atomic mass is 16.5. The summed E-state index contributed by atoms with van der Waals surface area (Å²) in [6.45, 7) is 0. The van der Waals surface area contributed by atoms with Gasteiger partial charge in [0.15, 0.2) is 0 Å². The first-order valence-corrected chi connectivity index (χ1v) is 5.14. The number of methoxy groups -OCH3 is 1. The van der Waals surface area contributed by atoms with Gasteiger partial charge in [-0.2, -0.15) is 0 Å². The molecule has 0 saturated heterocycles. The van der Waals surface area contributed by atoms with Crippen LogP contribution < -0.4 is 21.3 Å². The summed E-state index contributed by atoms with van der Waals surface area (Å²) < 4.78 is 5.08. The van der Waals surface area contributed by atoms with Crippen LogP contribution >= 0.6 is 0 Å². The fourth-order valence-electron chi connectivity index (χ4n) is 1.53.